The van der Waals surface area contributed by atoms with Gasteiger partial charge >= 0.3 is 0 Å². The minimum absolute atomic E-state index is 0.0457. The number of nitrogens with one attached hydrogen (secondary N) is 2. The van der Waals surface area contributed by atoms with Crippen LogP contribution in [-0.4, -0.2) is 28.8 Å². The first-order valence-corrected chi connectivity index (χ1v) is 5.68. The van der Waals surface area contributed by atoms with Gasteiger partial charge in [-0.05, 0) is 12.5 Å². The summed E-state index contributed by atoms with van der Waals surface area (Å²) >= 11 is 0. The van der Waals surface area contributed by atoms with Crippen molar-refractivity contribution in [1.29, 1.82) is 0 Å². The lowest BCUT2D eigenvalue weighted by molar-refractivity contribution is -0.120. The molecule has 1 rings (SSSR count). The number of aryl methyl sites for hydroxylation is 1. The average Bonchev–Trinajstić information content (AvgIpc) is 2.65. The Morgan fingerprint density at radius 1 is 1.56 bits per heavy atom. The molecular weight excluding hydrogens is 204 g/mol. The topological polar surface area (TPSA) is 59.0 Å². The Morgan fingerprint density at radius 3 is 3.00 bits per heavy atom. The first-order valence-electron chi connectivity index (χ1n) is 5.68. The van der Waals surface area contributed by atoms with Gasteiger partial charge < -0.3 is 10.6 Å². The van der Waals surface area contributed by atoms with Gasteiger partial charge in [0, 0.05) is 26.3 Å². The maximum Gasteiger partial charge on any atom is 0.233 e. The maximum absolute atomic E-state index is 11.3. The fourth-order valence-corrected chi connectivity index (χ4v) is 1.33. The van der Waals surface area contributed by atoms with E-state index in [0.717, 1.165) is 25.1 Å². The van der Waals surface area contributed by atoms with Crippen LogP contribution in [0.1, 0.15) is 25.5 Å². The first-order chi connectivity index (χ1) is 7.72. The second-order valence-electron chi connectivity index (χ2n) is 3.79. The van der Waals surface area contributed by atoms with E-state index in [2.05, 4.69) is 22.7 Å². The van der Waals surface area contributed by atoms with Gasteiger partial charge in [-0.1, -0.05) is 13.3 Å². The summed E-state index contributed by atoms with van der Waals surface area (Å²) in [6.45, 7) is 3.84. The SMILES string of the molecule is CCCCNC(=O)CNCc1ccn(C)n1. The Bertz CT molecular complexity index is 322. The van der Waals surface area contributed by atoms with Crippen LogP contribution in [0.25, 0.3) is 0 Å². The van der Waals surface area contributed by atoms with Gasteiger partial charge in [0.05, 0.1) is 12.2 Å². The number of carbonyl (C=O) groups is 1. The molecule has 0 aliphatic heterocycles. The minimum atomic E-state index is 0.0457. The van der Waals surface area contributed by atoms with E-state index in [1.54, 1.807) is 4.68 Å². The van der Waals surface area contributed by atoms with Crippen molar-refractivity contribution in [2.75, 3.05) is 13.1 Å². The van der Waals surface area contributed by atoms with Crippen molar-refractivity contribution in [3.05, 3.63) is 18.0 Å². The molecule has 1 aromatic heterocycles. The highest BCUT2D eigenvalue weighted by molar-refractivity contribution is 5.77. The maximum atomic E-state index is 11.3. The third-order valence-electron chi connectivity index (χ3n) is 2.21. The largest absolute Gasteiger partial charge is 0.355 e. The standard InChI is InChI=1S/C11H20N4O/c1-3-4-6-13-11(16)9-12-8-10-5-7-15(2)14-10/h5,7,12H,3-4,6,8-9H2,1-2H3,(H,13,16). The number of aromatic nitrogens is 2. The van der Waals surface area contributed by atoms with E-state index >= 15 is 0 Å². The molecule has 0 aromatic carbocycles. The smallest absolute Gasteiger partial charge is 0.233 e. The number of rotatable bonds is 7. The molecule has 0 unspecified atom stereocenters. The van der Waals surface area contributed by atoms with Gasteiger partial charge in [-0.2, -0.15) is 5.10 Å². The highest BCUT2D eigenvalue weighted by atomic mass is 16.1. The van der Waals surface area contributed by atoms with Crippen molar-refractivity contribution in [3.8, 4) is 0 Å². The number of unbranched alkanes of at least 4 members (excludes halogenated alkanes) is 1. The van der Waals surface area contributed by atoms with Gasteiger partial charge in [-0.15, -0.1) is 0 Å². The molecule has 1 amide bonds. The Labute approximate surface area is 96.2 Å². The molecule has 5 heteroatoms. The van der Waals surface area contributed by atoms with E-state index in [1.807, 2.05) is 19.3 Å². The first kappa shape index (κ1) is 12.7. The molecule has 0 atom stereocenters. The number of carbonyl (C=O) groups excluding carboxylic acids is 1. The number of nitrogens with zero attached hydrogens (tertiary/aromatic N) is 2. The zero-order chi connectivity index (χ0) is 11.8. The molecule has 2 N–H and O–H groups in total. The predicted octanol–water partition coefficient (Wildman–Crippen LogP) is 0.426. The van der Waals surface area contributed by atoms with Crippen LogP contribution < -0.4 is 10.6 Å². The third kappa shape index (κ3) is 4.93. The summed E-state index contributed by atoms with van der Waals surface area (Å²) in [7, 11) is 1.88. The van der Waals surface area contributed by atoms with Crippen LogP contribution >= 0.6 is 0 Å². The fourth-order valence-electron chi connectivity index (χ4n) is 1.33. The van der Waals surface area contributed by atoms with Crippen molar-refractivity contribution >= 4 is 5.91 Å². The molecule has 0 spiro atoms. The van der Waals surface area contributed by atoms with Gasteiger partial charge in [-0.3, -0.25) is 9.48 Å². The highest BCUT2D eigenvalue weighted by Crippen LogP contribution is 1.92. The molecule has 0 aliphatic rings. The molecular formula is C11H20N4O. The minimum Gasteiger partial charge on any atom is -0.355 e. The summed E-state index contributed by atoms with van der Waals surface area (Å²) in [4.78, 5) is 11.3. The summed E-state index contributed by atoms with van der Waals surface area (Å²) in [5.41, 5.74) is 0.948. The summed E-state index contributed by atoms with van der Waals surface area (Å²) in [5.74, 6) is 0.0457. The molecule has 1 heterocycles. The van der Waals surface area contributed by atoms with E-state index in [-0.39, 0.29) is 5.91 Å². The van der Waals surface area contributed by atoms with Crippen LogP contribution in [0.4, 0.5) is 0 Å². The second-order valence-corrected chi connectivity index (χ2v) is 3.79. The predicted molar refractivity (Wildman–Crippen MR) is 62.8 cm³/mol. The average molecular weight is 224 g/mol. The van der Waals surface area contributed by atoms with E-state index in [0.29, 0.717) is 13.1 Å². The normalized spacial score (nSPS) is 10.4. The Morgan fingerprint density at radius 2 is 2.38 bits per heavy atom. The molecule has 0 bridgehead atoms. The summed E-state index contributed by atoms with van der Waals surface area (Å²) in [6, 6.07) is 1.93. The molecule has 0 saturated carbocycles. The van der Waals surface area contributed by atoms with Crippen molar-refractivity contribution in [3.63, 3.8) is 0 Å². The zero-order valence-corrected chi connectivity index (χ0v) is 9.99. The van der Waals surface area contributed by atoms with Crippen LogP contribution in [0.5, 0.6) is 0 Å². The Kier molecular flexibility index (Phi) is 5.56. The van der Waals surface area contributed by atoms with Crippen LogP contribution in [0.3, 0.4) is 0 Å². The zero-order valence-electron chi connectivity index (χ0n) is 9.99. The van der Waals surface area contributed by atoms with Gasteiger partial charge in [0.15, 0.2) is 0 Å². The molecule has 5 nitrogen and oxygen atoms in total. The summed E-state index contributed by atoms with van der Waals surface area (Å²) < 4.78 is 1.75. The van der Waals surface area contributed by atoms with Gasteiger partial charge in [0.25, 0.3) is 0 Å². The van der Waals surface area contributed by atoms with Crippen molar-refractivity contribution < 1.29 is 4.79 Å². The van der Waals surface area contributed by atoms with Crippen LogP contribution in [0.15, 0.2) is 12.3 Å². The molecule has 0 fully saturated rings. The molecule has 90 valence electrons. The van der Waals surface area contributed by atoms with E-state index in [9.17, 15) is 4.79 Å². The highest BCUT2D eigenvalue weighted by Gasteiger charge is 2.00. The molecule has 0 aliphatic carbocycles. The van der Waals surface area contributed by atoms with Crippen molar-refractivity contribution in [1.82, 2.24) is 20.4 Å². The molecule has 0 saturated heterocycles. The van der Waals surface area contributed by atoms with Crippen LogP contribution in [0, 0.1) is 0 Å². The summed E-state index contributed by atoms with van der Waals surface area (Å²) in [6.07, 6.45) is 4.02. The number of hydrogen-bond donors (Lipinski definition) is 2. The molecule has 0 radical (unpaired) electrons. The van der Waals surface area contributed by atoms with Crippen molar-refractivity contribution in [2.45, 2.75) is 26.3 Å². The second kappa shape index (κ2) is 7.00. The van der Waals surface area contributed by atoms with Gasteiger partial charge in [0.2, 0.25) is 5.91 Å². The fraction of sp³-hybridized carbons (Fsp3) is 0.636. The molecule has 1 aromatic rings. The van der Waals surface area contributed by atoms with E-state index < -0.39 is 0 Å². The van der Waals surface area contributed by atoms with Gasteiger partial charge in [0.1, 0.15) is 0 Å². The molecule has 16 heavy (non-hydrogen) atoms. The number of hydrogen-bond acceptors (Lipinski definition) is 3. The quantitative estimate of drug-likeness (QED) is 0.660. The van der Waals surface area contributed by atoms with Crippen LogP contribution in [0.2, 0.25) is 0 Å². The third-order valence-corrected chi connectivity index (χ3v) is 2.21. The van der Waals surface area contributed by atoms with Crippen LogP contribution in [-0.2, 0) is 18.4 Å². The lowest BCUT2D eigenvalue weighted by Crippen LogP contribution is -2.34. The van der Waals surface area contributed by atoms with E-state index in [1.165, 1.54) is 0 Å². The van der Waals surface area contributed by atoms with Crippen molar-refractivity contribution in [2.24, 2.45) is 7.05 Å². The Hall–Kier alpha value is -1.36. The number of amides is 1. The lowest BCUT2D eigenvalue weighted by atomic mass is 10.3. The summed E-state index contributed by atoms with van der Waals surface area (Å²) in [5, 5.41) is 10.1. The van der Waals surface area contributed by atoms with Gasteiger partial charge in [-0.25, -0.2) is 0 Å². The lowest BCUT2D eigenvalue weighted by Gasteiger charge is -2.04. The van der Waals surface area contributed by atoms with E-state index in [4.69, 9.17) is 0 Å². The monoisotopic (exact) mass is 224 g/mol. The Balaban J connectivity index is 2.08.